The Balaban J connectivity index is 2.14. The topological polar surface area (TPSA) is 41.5 Å². The van der Waals surface area contributed by atoms with Crippen molar-refractivity contribution in [2.75, 3.05) is 0 Å². The molecule has 0 heterocycles. The van der Waals surface area contributed by atoms with Crippen molar-refractivity contribution in [3.05, 3.63) is 68.7 Å². The lowest BCUT2D eigenvalue weighted by Gasteiger charge is -2.06. The van der Waals surface area contributed by atoms with Gasteiger partial charge in [-0.05, 0) is 61.7 Å². The number of hydrogen-bond acceptors (Lipinski definition) is 2. The molecule has 2 aromatic rings. The third-order valence-corrected chi connectivity index (χ3v) is 4.17. The van der Waals surface area contributed by atoms with Crippen LogP contribution >= 0.6 is 23.2 Å². The third kappa shape index (κ3) is 3.87. The molecule has 0 aliphatic rings. The zero-order valence-electron chi connectivity index (χ0n) is 12.6. The molecule has 0 atom stereocenters. The van der Waals surface area contributed by atoms with E-state index in [1.807, 2.05) is 26.0 Å². The number of hydrogen-bond donors (Lipinski definition) is 1. The minimum Gasteiger partial charge on any atom is -0.267 e. The van der Waals surface area contributed by atoms with Crippen molar-refractivity contribution in [1.82, 2.24) is 5.43 Å². The molecule has 0 bridgehead atoms. The fourth-order valence-electron chi connectivity index (χ4n) is 1.87. The Bertz CT molecular complexity index is 754. The molecule has 0 radical (unpaired) electrons. The van der Waals surface area contributed by atoms with Crippen molar-refractivity contribution in [3.63, 3.8) is 0 Å². The van der Waals surface area contributed by atoms with E-state index in [4.69, 9.17) is 23.2 Å². The van der Waals surface area contributed by atoms with Gasteiger partial charge in [-0.2, -0.15) is 5.10 Å². The third-order valence-electron chi connectivity index (χ3n) is 3.43. The van der Waals surface area contributed by atoms with E-state index in [9.17, 15) is 4.79 Å². The van der Waals surface area contributed by atoms with Crippen molar-refractivity contribution in [2.24, 2.45) is 5.10 Å². The zero-order chi connectivity index (χ0) is 16.3. The van der Waals surface area contributed by atoms with Crippen molar-refractivity contribution in [2.45, 2.75) is 20.8 Å². The second-order valence-electron chi connectivity index (χ2n) is 5.07. The van der Waals surface area contributed by atoms with Crippen LogP contribution in [0.25, 0.3) is 0 Å². The summed E-state index contributed by atoms with van der Waals surface area (Å²) in [5.74, 6) is -0.248. The quantitative estimate of drug-likeness (QED) is 0.637. The Kier molecular flexibility index (Phi) is 5.22. The Labute approximate surface area is 139 Å². The standard InChI is InChI=1S/C17H16Cl2N2O/c1-10-4-5-14(8-11(10)2)17(22)21-20-12(3)13-6-7-15(18)16(19)9-13/h4-9H,1-3H3,(H,21,22). The zero-order valence-corrected chi connectivity index (χ0v) is 14.1. The van der Waals surface area contributed by atoms with E-state index in [0.717, 1.165) is 16.7 Å². The van der Waals surface area contributed by atoms with Crippen LogP contribution in [0.4, 0.5) is 0 Å². The molecule has 2 aromatic carbocycles. The summed E-state index contributed by atoms with van der Waals surface area (Å²) in [6, 6.07) is 10.7. The lowest BCUT2D eigenvalue weighted by Crippen LogP contribution is -2.19. The van der Waals surface area contributed by atoms with Crippen LogP contribution in [0.2, 0.25) is 10.0 Å². The van der Waals surface area contributed by atoms with E-state index in [1.54, 1.807) is 31.2 Å². The number of halogens is 2. The van der Waals surface area contributed by atoms with Crippen LogP contribution in [0, 0.1) is 13.8 Å². The van der Waals surface area contributed by atoms with E-state index < -0.39 is 0 Å². The Hall–Kier alpha value is -1.84. The van der Waals surface area contributed by atoms with Crippen LogP contribution in [-0.4, -0.2) is 11.6 Å². The van der Waals surface area contributed by atoms with Gasteiger partial charge in [0, 0.05) is 5.56 Å². The summed E-state index contributed by atoms with van der Waals surface area (Å²) in [6.07, 6.45) is 0. The van der Waals surface area contributed by atoms with Gasteiger partial charge in [-0.25, -0.2) is 5.43 Å². The van der Waals surface area contributed by atoms with Crippen molar-refractivity contribution in [3.8, 4) is 0 Å². The molecular weight excluding hydrogens is 319 g/mol. The van der Waals surface area contributed by atoms with Gasteiger partial charge in [0.15, 0.2) is 0 Å². The van der Waals surface area contributed by atoms with E-state index in [2.05, 4.69) is 10.5 Å². The molecule has 0 aliphatic carbocycles. The Morgan fingerprint density at radius 1 is 0.955 bits per heavy atom. The van der Waals surface area contributed by atoms with E-state index in [-0.39, 0.29) is 5.91 Å². The number of carbonyl (C=O) groups excluding carboxylic acids is 1. The smallest absolute Gasteiger partial charge is 0.267 e. The average Bonchev–Trinajstić information content (AvgIpc) is 2.50. The summed E-state index contributed by atoms with van der Waals surface area (Å²) >= 11 is 11.9. The summed E-state index contributed by atoms with van der Waals surface area (Å²) in [7, 11) is 0. The average molecular weight is 335 g/mol. The van der Waals surface area contributed by atoms with E-state index >= 15 is 0 Å². The van der Waals surface area contributed by atoms with Gasteiger partial charge in [-0.3, -0.25) is 4.79 Å². The molecule has 114 valence electrons. The van der Waals surface area contributed by atoms with E-state index in [0.29, 0.717) is 21.3 Å². The first-order valence-electron chi connectivity index (χ1n) is 6.76. The van der Waals surface area contributed by atoms with Crippen LogP contribution in [0.5, 0.6) is 0 Å². The number of nitrogens with one attached hydrogen (secondary N) is 1. The van der Waals surface area contributed by atoms with Crippen molar-refractivity contribution >= 4 is 34.8 Å². The number of rotatable bonds is 3. The summed E-state index contributed by atoms with van der Waals surface area (Å²) in [4.78, 5) is 12.1. The number of amides is 1. The first kappa shape index (κ1) is 16.5. The highest BCUT2D eigenvalue weighted by Gasteiger charge is 2.07. The van der Waals surface area contributed by atoms with Gasteiger partial charge in [-0.15, -0.1) is 0 Å². The van der Waals surface area contributed by atoms with Crippen LogP contribution in [0.3, 0.4) is 0 Å². The van der Waals surface area contributed by atoms with Crippen molar-refractivity contribution in [1.29, 1.82) is 0 Å². The van der Waals surface area contributed by atoms with Gasteiger partial charge in [0.1, 0.15) is 0 Å². The monoisotopic (exact) mass is 334 g/mol. The maximum absolute atomic E-state index is 12.1. The molecule has 0 aliphatic heterocycles. The fourth-order valence-corrected chi connectivity index (χ4v) is 2.17. The van der Waals surface area contributed by atoms with Gasteiger partial charge in [0.25, 0.3) is 5.91 Å². The number of carbonyl (C=O) groups is 1. The summed E-state index contributed by atoms with van der Waals surface area (Å²) in [5, 5.41) is 5.05. The Morgan fingerprint density at radius 2 is 1.64 bits per heavy atom. The minimum atomic E-state index is -0.248. The molecule has 3 nitrogen and oxygen atoms in total. The van der Waals surface area contributed by atoms with Crippen LogP contribution in [0.15, 0.2) is 41.5 Å². The molecule has 2 rings (SSSR count). The second kappa shape index (κ2) is 6.95. The normalized spacial score (nSPS) is 11.4. The predicted molar refractivity (Wildman–Crippen MR) is 92.1 cm³/mol. The van der Waals surface area contributed by atoms with Crippen LogP contribution in [0.1, 0.15) is 34.0 Å². The summed E-state index contributed by atoms with van der Waals surface area (Å²) < 4.78 is 0. The van der Waals surface area contributed by atoms with Gasteiger partial charge in [0.2, 0.25) is 0 Å². The highest BCUT2D eigenvalue weighted by Crippen LogP contribution is 2.22. The molecular formula is C17H16Cl2N2O. The molecule has 22 heavy (non-hydrogen) atoms. The molecule has 1 amide bonds. The van der Waals surface area contributed by atoms with E-state index in [1.165, 1.54) is 0 Å². The number of nitrogens with zero attached hydrogens (tertiary/aromatic N) is 1. The van der Waals surface area contributed by atoms with Gasteiger partial charge >= 0.3 is 0 Å². The molecule has 0 unspecified atom stereocenters. The molecule has 0 aromatic heterocycles. The number of hydrazone groups is 1. The first-order valence-corrected chi connectivity index (χ1v) is 7.51. The molecule has 5 heteroatoms. The number of benzene rings is 2. The fraction of sp³-hybridized carbons (Fsp3) is 0.176. The summed E-state index contributed by atoms with van der Waals surface area (Å²) in [5.41, 5.74) is 6.79. The molecule has 0 saturated carbocycles. The largest absolute Gasteiger partial charge is 0.271 e. The summed E-state index contributed by atoms with van der Waals surface area (Å²) in [6.45, 7) is 5.76. The molecule has 0 fully saturated rings. The molecule has 0 saturated heterocycles. The van der Waals surface area contributed by atoms with Gasteiger partial charge in [-0.1, -0.05) is 35.3 Å². The van der Waals surface area contributed by atoms with Crippen LogP contribution in [-0.2, 0) is 0 Å². The number of aryl methyl sites for hydroxylation is 2. The minimum absolute atomic E-state index is 0.248. The van der Waals surface area contributed by atoms with Crippen molar-refractivity contribution < 1.29 is 4.79 Å². The van der Waals surface area contributed by atoms with Gasteiger partial charge < -0.3 is 0 Å². The predicted octanol–water partition coefficient (Wildman–Crippen LogP) is 4.76. The second-order valence-corrected chi connectivity index (χ2v) is 5.88. The Morgan fingerprint density at radius 3 is 2.27 bits per heavy atom. The van der Waals surface area contributed by atoms with Gasteiger partial charge in [0.05, 0.1) is 15.8 Å². The molecule has 1 N–H and O–H groups in total. The highest BCUT2D eigenvalue weighted by atomic mass is 35.5. The molecule has 0 spiro atoms. The van der Waals surface area contributed by atoms with Crippen LogP contribution < -0.4 is 5.43 Å². The first-order chi connectivity index (χ1) is 10.4. The maximum Gasteiger partial charge on any atom is 0.271 e. The SMILES string of the molecule is CC(=NNC(=O)c1ccc(C)c(C)c1)c1ccc(Cl)c(Cl)c1. The lowest BCUT2D eigenvalue weighted by atomic mass is 10.1. The highest BCUT2D eigenvalue weighted by molar-refractivity contribution is 6.42. The maximum atomic E-state index is 12.1. The lowest BCUT2D eigenvalue weighted by molar-refractivity contribution is 0.0954.